The first kappa shape index (κ1) is 11.9. The molecule has 0 aromatic heterocycles. The van der Waals surface area contributed by atoms with Gasteiger partial charge in [0.25, 0.3) is 0 Å². The molecule has 0 bridgehead atoms. The number of rotatable bonds is 3. The van der Waals surface area contributed by atoms with Crippen LogP contribution in [0.1, 0.15) is 28.4 Å². The van der Waals surface area contributed by atoms with Gasteiger partial charge in [-0.3, -0.25) is 4.90 Å². The number of benzene rings is 1. The van der Waals surface area contributed by atoms with Gasteiger partial charge in [-0.1, -0.05) is 24.3 Å². The van der Waals surface area contributed by atoms with Crippen LogP contribution in [0.3, 0.4) is 0 Å². The Morgan fingerprint density at radius 3 is 2.94 bits per heavy atom. The van der Waals surface area contributed by atoms with Crippen LogP contribution >= 0.6 is 0 Å². The van der Waals surface area contributed by atoms with Gasteiger partial charge in [-0.25, -0.2) is 4.79 Å². The molecule has 0 spiro atoms. The van der Waals surface area contributed by atoms with Crippen molar-refractivity contribution < 1.29 is 9.90 Å². The number of aromatic carboxylic acids is 1. The Morgan fingerprint density at radius 2 is 2.29 bits per heavy atom. The summed E-state index contributed by atoms with van der Waals surface area (Å²) in [5.74, 6) is -0.824. The van der Waals surface area contributed by atoms with Gasteiger partial charge in [-0.15, -0.1) is 0 Å². The average molecular weight is 231 g/mol. The van der Waals surface area contributed by atoms with E-state index in [0.29, 0.717) is 5.56 Å². The molecule has 1 aliphatic rings. The van der Waals surface area contributed by atoms with Crippen molar-refractivity contribution in [3.63, 3.8) is 0 Å². The molecule has 0 amide bonds. The van der Waals surface area contributed by atoms with Crippen LogP contribution < -0.4 is 0 Å². The Hall–Kier alpha value is -1.61. The van der Waals surface area contributed by atoms with E-state index >= 15 is 0 Å². The second kappa shape index (κ2) is 4.72. The molecule has 1 aromatic rings. The van der Waals surface area contributed by atoms with E-state index in [4.69, 9.17) is 5.11 Å². The lowest BCUT2D eigenvalue weighted by molar-refractivity contribution is 0.0694. The first-order valence-corrected chi connectivity index (χ1v) is 5.78. The van der Waals surface area contributed by atoms with Crippen LogP contribution in [0, 0.1) is 0 Å². The molecule has 90 valence electrons. The minimum atomic E-state index is -0.824. The first-order chi connectivity index (χ1) is 8.08. The quantitative estimate of drug-likeness (QED) is 0.812. The molecule has 0 aliphatic carbocycles. The van der Waals surface area contributed by atoms with Crippen molar-refractivity contribution in [1.82, 2.24) is 4.90 Å². The van der Waals surface area contributed by atoms with Gasteiger partial charge in [-0.05, 0) is 30.5 Å². The lowest BCUT2D eigenvalue weighted by Crippen LogP contribution is -2.32. The topological polar surface area (TPSA) is 40.5 Å². The van der Waals surface area contributed by atoms with Crippen LogP contribution in [0.15, 0.2) is 30.4 Å². The van der Waals surface area contributed by atoms with E-state index in [2.05, 4.69) is 11.5 Å². The van der Waals surface area contributed by atoms with Crippen LogP contribution in [0.25, 0.3) is 0 Å². The largest absolute Gasteiger partial charge is 0.478 e. The van der Waals surface area contributed by atoms with E-state index in [1.807, 2.05) is 19.1 Å². The highest BCUT2D eigenvalue weighted by atomic mass is 16.4. The number of hydrogen-bond donors (Lipinski definition) is 1. The van der Waals surface area contributed by atoms with E-state index in [-0.39, 0.29) is 0 Å². The molecule has 0 atom stereocenters. The summed E-state index contributed by atoms with van der Waals surface area (Å²) in [7, 11) is 0. The lowest BCUT2D eigenvalue weighted by Gasteiger charge is -2.29. The average Bonchev–Trinajstić information content (AvgIpc) is 2.26. The van der Waals surface area contributed by atoms with Crippen LogP contribution in [-0.2, 0) is 13.0 Å². The molecule has 1 heterocycles. The number of carbonyl (C=O) groups is 1. The molecule has 17 heavy (non-hydrogen) atoms. The highest BCUT2D eigenvalue weighted by Gasteiger charge is 2.20. The normalized spacial score (nSPS) is 15.4. The first-order valence-electron chi connectivity index (χ1n) is 5.78. The van der Waals surface area contributed by atoms with Gasteiger partial charge >= 0.3 is 5.97 Å². The predicted octanol–water partition coefficient (Wildman–Crippen LogP) is 2.32. The molecule has 1 aromatic carbocycles. The van der Waals surface area contributed by atoms with E-state index in [1.165, 1.54) is 0 Å². The van der Waals surface area contributed by atoms with Gasteiger partial charge in [0.2, 0.25) is 0 Å². The van der Waals surface area contributed by atoms with Crippen molar-refractivity contribution >= 4 is 5.97 Å². The molecule has 0 unspecified atom stereocenters. The Labute approximate surface area is 101 Å². The summed E-state index contributed by atoms with van der Waals surface area (Å²) in [5.41, 5.74) is 3.73. The summed E-state index contributed by atoms with van der Waals surface area (Å²) in [6, 6.07) is 5.54. The Kier molecular flexibility index (Phi) is 3.29. The lowest BCUT2D eigenvalue weighted by atomic mass is 9.94. The number of fused-ring (bicyclic) bond motifs is 1. The predicted molar refractivity (Wildman–Crippen MR) is 67.2 cm³/mol. The maximum Gasteiger partial charge on any atom is 0.335 e. The minimum absolute atomic E-state index is 0.456. The van der Waals surface area contributed by atoms with Crippen molar-refractivity contribution in [2.24, 2.45) is 0 Å². The van der Waals surface area contributed by atoms with E-state index in [9.17, 15) is 4.79 Å². The van der Waals surface area contributed by atoms with Crippen LogP contribution in [0.2, 0.25) is 0 Å². The SMILES string of the molecule is C=C(C)CN1CCc2c(cccc2C(=O)O)C1. The van der Waals surface area contributed by atoms with Crippen molar-refractivity contribution in [2.75, 3.05) is 13.1 Å². The third kappa shape index (κ3) is 2.56. The van der Waals surface area contributed by atoms with Gasteiger partial charge < -0.3 is 5.11 Å². The minimum Gasteiger partial charge on any atom is -0.478 e. The molecule has 2 rings (SSSR count). The van der Waals surface area contributed by atoms with Crippen LogP contribution in [0.4, 0.5) is 0 Å². The van der Waals surface area contributed by atoms with Crippen LogP contribution in [0.5, 0.6) is 0 Å². The van der Waals surface area contributed by atoms with Gasteiger partial charge in [0.1, 0.15) is 0 Å². The monoisotopic (exact) mass is 231 g/mol. The number of hydrogen-bond acceptors (Lipinski definition) is 2. The number of carboxylic acid groups (broad SMARTS) is 1. The third-order valence-corrected chi connectivity index (χ3v) is 3.07. The van der Waals surface area contributed by atoms with Crippen LogP contribution in [-0.4, -0.2) is 29.1 Å². The molecule has 1 aliphatic heterocycles. The van der Waals surface area contributed by atoms with Gasteiger partial charge in [0.15, 0.2) is 0 Å². The van der Waals surface area contributed by atoms with Gasteiger partial charge in [0.05, 0.1) is 5.56 Å². The Balaban J connectivity index is 2.25. The smallest absolute Gasteiger partial charge is 0.335 e. The zero-order chi connectivity index (χ0) is 12.4. The van der Waals surface area contributed by atoms with Crippen molar-refractivity contribution in [3.05, 3.63) is 47.0 Å². The standard InChI is InChI=1S/C14H17NO2/c1-10(2)8-15-7-6-12-11(9-15)4-3-5-13(12)14(16)17/h3-5H,1,6-9H2,2H3,(H,16,17). The van der Waals surface area contributed by atoms with Crippen molar-refractivity contribution in [1.29, 1.82) is 0 Å². The fourth-order valence-electron chi connectivity index (χ4n) is 2.38. The summed E-state index contributed by atoms with van der Waals surface area (Å²) in [6.45, 7) is 8.55. The zero-order valence-electron chi connectivity index (χ0n) is 10.1. The Morgan fingerprint density at radius 1 is 1.53 bits per heavy atom. The maximum absolute atomic E-state index is 11.1. The molecule has 0 saturated carbocycles. The second-order valence-electron chi connectivity index (χ2n) is 4.67. The third-order valence-electron chi connectivity index (χ3n) is 3.07. The highest BCUT2D eigenvalue weighted by Crippen LogP contribution is 2.22. The van der Waals surface area contributed by atoms with E-state index in [1.54, 1.807) is 6.07 Å². The zero-order valence-corrected chi connectivity index (χ0v) is 10.1. The van der Waals surface area contributed by atoms with Crippen molar-refractivity contribution in [3.8, 4) is 0 Å². The molecular weight excluding hydrogens is 214 g/mol. The number of nitrogens with zero attached hydrogens (tertiary/aromatic N) is 1. The summed E-state index contributed by atoms with van der Waals surface area (Å²) < 4.78 is 0. The summed E-state index contributed by atoms with van der Waals surface area (Å²) in [4.78, 5) is 13.4. The summed E-state index contributed by atoms with van der Waals surface area (Å²) >= 11 is 0. The molecule has 0 radical (unpaired) electrons. The van der Waals surface area contributed by atoms with Gasteiger partial charge in [0, 0.05) is 19.6 Å². The molecule has 1 N–H and O–H groups in total. The molecule has 0 fully saturated rings. The van der Waals surface area contributed by atoms with E-state index < -0.39 is 5.97 Å². The van der Waals surface area contributed by atoms with Crippen molar-refractivity contribution in [2.45, 2.75) is 19.9 Å². The maximum atomic E-state index is 11.1. The fraction of sp³-hybridized carbons (Fsp3) is 0.357. The molecule has 3 heteroatoms. The molecular formula is C14H17NO2. The summed E-state index contributed by atoms with van der Waals surface area (Å²) in [5, 5.41) is 9.12. The van der Waals surface area contributed by atoms with E-state index in [0.717, 1.165) is 42.8 Å². The second-order valence-corrected chi connectivity index (χ2v) is 4.67. The van der Waals surface area contributed by atoms with Gasteiger partial charge in [-0.2, -0.15) is 0 Å². The molecule has 3 nitrogen and oxygen atoms in total. The Bertz CT molecular complexity index is 465. The summed E-state index contributed by atoms with van der Waals surface area (Å²) in [6.07, 6.45) is 0.811. The number of carboxylic acids is 1. The molecule has 0 saturated heterocycles. The highest BCUT2D eigenvalue weighted by molar-refractivity contribution is 5.89. The fourth-order valence-corrected chi connectivity index (χ4v) is 2.38.